The van der Waals surface area contributed by atoms with Crippen LogP contribution < -0.4 is 4.74 Å². The summed E-state index contributed by atoms with van der Waals surface area (Å²) >= 11 is 1.73. The highest BCUT2D eigenvalue weighted by molar-refractivity contribution is 7.99. The molecule has 0 aromatic heterocycles. The van der Waals surface area contributed by atoms with E-state index in [0.29, 0.717) is 5.75 Å². The molecule has 28 heavy (non-hydrogen) atoms. The van der Waals surface area contributed by atoms with Crippen LogP contribution in [0.1, 0.15) is 16.7 Å². The third-order valence-electron chi connectivity index (χ3n) is 4.17. The monoisotopic (exact) mass is 390 g/mol. The fourth-order valence-electron chi connectivity index (χ4n) is 2.75. The largest absolute Gasteiger partial charge is 0.482 e. The standard InChI is InChI=1S/C24H22O3S/c1-18-7-9-20(10-8-18)23(19-5-3-2-4-6-19)15-16-28-22-13-11-21(12-14-22)27-17-24(25)26/h2-15H,16-17H2,1H3,(H,25,26)/b23-15-. The minimum Gasteiger partial charge on any atom is -0.482 e. The van der Waals surface area contributed by atoms with E-state index in [-0.39, 0.29) is 6.61 Å². The predicted molar refractivity (Wildman–Crippen MR) is 115 cm³/mol. The number of carbonyl (C=O) groups is 1. The second-order valence-electron chi connectivity index (χ2n) is 6.31. The summed E-state index contributed by atoms with van der Waals surface area (Å²) in [6.07, 6.45) is 2.25. The van der Waals surface area contributed by atoms with E-state index in [2.05, 4.69) is 61.5 Å². The maximum Gasteiger partial charge on any atom is 0.341 e. The van der Waals surface area contributed by atoms with Crippen LogP contribution in [0.15, 0.2) is 89.8 Å². The van der Waals surface area contributed by atoms with Gasteiger partial charge in [0.1, 0.15) is 5.75 Å². The van der Waals surface area contributed by atoms with E-state index >= 15 is 0 Å². The maximum absolute atomic E-state index is 10.6. The second kappa shape index (κ2) is 9.81. The van der Waals surface area contributed by atoms with Gasteiger partial charge in [-0.05, 0) is 47.9 Å². The van der Waals surface area contributed by atoms with E-state index in [9.17, 15) is 4.79 Å². The van der Waals surface area contributed by atoms with E-state index in [1.165, 1.54) is 22.3 Å². The Labute approximate surface area is 169 Å². The predicted octanol–water partition coefficient (Wildman–Crippen LogP) is 5.68. The molecule has 0 atom stereocenters. The first-order valence-corrected chi connectivity index (χ1v) is 10.0. The number of hydrogen-bond acceptors (Lipinski definition) is 3. The quantitative estimate of drug-likeness (QED) is 0.503. The van der Waals surface area contributed by atoms with Crippen LogP contribution in [-0.4, -0.2) is 23.4 Å². The SMILES string of the molecule is Cc1ccc(/C(=C\CSc2ccc(OCC(=O)O)cc2)c2ccccc2)cc1. The minimum absolute atomic E-state index is 0.327. The lowest BCUT2D eigenvalue weighted by molar-refractivity contribution is -0.139. The van der Waals surface area contributed by atoms with Crippen LogP contribution >= 0.6 is 11.8 Å². The molecule has 0 aliphatic rings. The van der Waals surface area contributed by atoms with Gasteiger partial charge in [0, 0.05) is 10.6 Å². The van der Waals surface area contributed by atoms with Gasteiger partial charge in [0.05, 0.1) is 0 Å². The molecule has 0 saturated carbocycles. The van der Waals surface area contributed by atoms with E-state index in [0.717, 1.165) is 10.6 Å². The third-order valence-corrected chi connectivity index (χ3v) is 5.11. The minimum atomic E-state index is -0.979. The summed E-state index contributed by atoms with van der Waals surface area (Å²) < 4.78 is 5.17. The Morgan fingerprint density at radius 3 is 2.21 bits per heavy atom. The summed E-state index contributed by atoms with van der Waals surface area (Å²) in [5.41, 5.74) is 4.87. The Bertz CT molecular complexity index is 930. The molecular formula is C24H22O3S. The molecule has 3 aromatic rings. The Hall–Kier alpha value is -2.98. The number of rotatable bonds is 8. The summed E-state index contributed by atoms with van der Waals surface area (Å²) in [5.74, 6) is 0.410. The number of carboxylic acids is 1. The molecule has 0 amide bonds. The lowest BCUT2D eigenvalue weighted by Crippen LogP contribution is -2.09. The van der Waals surface area contributed by atoms with Crippen molar-refractivity contribution in [1.29, 1.82) is 0 Å². The molecular weight excluding hydrogens is 368 g/mol. The number of hydrogen-bond donors (Lipinski definition) is 1. The smallest absolute Gasteiger partial charge is 0.341 e. The number of ether oxygens (including phenoxy) is 1. The van der Waals surface area contributed by atoms with Gasteiger partial charge in [-0.3, -0.25) is 0 Å². The zero-order valence-corrected chi connectivity index (χ0v) is 16.5. The molecule has 4 heteroatoms. The lowest BCUT2D eigenvalue weighted by Gasteiger charge is -2.10. The van der Waals surface area contributed by atoms with Crippen LogP contribution in [0.5, 0.6) is 5.75 Å². The highest BCUT2D eigenvalue weighted by atomic mass is 32.2. The van der Waals surface area contributed by atoms with Crippen molar-refractivity contribution in [2.75, 3.05) is 12.4 Å². The normalized spacial score (nSPS) is 11.2. The van der Waals surface area contributed by atoms with Crippen LogP contribution in [-0.2, 0) is 4.79 Å². The van der Waals surface area contributed by atoms with E-state index in [1.54, 1.807) is 23.9 Å². The van der Waals surface area contributed by atoms with Crippen molar-refractivity contribution in [1.82, 2.24) is 0 Å². The van der Waals surface area contributed by atoms with Crippen molar-refractivity contribution in [3.63, 3.8) is 0 Å². The molecule has 0 spiro atoms. The van der Waals surface area contributed by atoms with Crippen LogP contribution in [0.2, 0.25) is 0 Å². The molecule has 0 radical (unpaired) electrons. The Morgan fingerprint density at radius 2 is 1.57 bits per heavy atom. The molecule has 142 valence electrons. The fraction of sp³-hybridized carbons (Fsp3) is 0.125. The topological polar surface area (TPSA) is 46.5 Å². The summed E-state index contributed by atoms with van der Waals surface area (Å²) in [4.78, 5) is 11.7. The van der Waals surface area contributed by atoms with Gasteiger partial charge in [-0.15, -0.1) is 11.8 Å². The second-order valence-corrected chi connectivity index (χ2v) is 7.41. The Morgan fingerprint density at radius 1 is 0.929 bits per heavy atom. The molecule has 0 heterocycles. The van der Waals surface area contributed by atoms with Gasteiger partial charge < -0.3 is 9.84 Å². The summed E-state index contributed by atoms with van der Waals surface area (Å²) in [6, 6.07) is 26.5. The highest BCUT2D eigenvalue weighted by Crippen LogP contribution is 2.27. The average Bonchev–Trinajstić information content (AvgIpc) is 2.72. The van der Waals surface area contributed by atoms with Crippen LogP contribution in [0.25, 0.3) is 5.57 Å². The van der Waals surface area contributed by atoms with Crippen molar-refractivity contribution < 1.29 is 14.6 Å². The van der Waals surface area contributed by atoms with Gasteiger partial charge in [0.2, 0.25) is 0 Å². The van der Waals surface area contributed by atoms with Crippen LogP contribution in [0, 0.1) is 6.92 Å². The molecule has 0 saturated heterocycles. The molecule has 1 N–H and O–H groups in total. The fourth-order valence-corrected chi connectivity index (χ4v) is 3.52. The molecule has 3 nitrogen and oxygen atoms in total. The summed E-state index contributed by atoms with van der Waals surface area (Å²) in [6.45, 7) is 1.77. The first kappa shape index (κ1) is 19.8. The van der Waals surface area contributed by atoms with Crippen molar-refractivity contribution >= 4 is 23.3 Å². The highest BCUT2D eigenvalue weighted by Gasteiger charge is 2.05. The number of carboxylic acid groups (broad SMARTS) is 1. The maximum atomic E-state index is 10.6. The number of aryl methyl sites for hydroxylation is 1. The molecule has 0 unspecified atom stereocenters. The van der Waals surface area contributed by atoms with Crippen LogP contribution in [0.3, 0.4) is 0 Å². The van der Waals surface area contributed by atoms with E-state index in [1.807, 2.05) is 18.2 Å². The zero-order chi connectivity index (χ0) is 19.8. The van der Waals surface area contributed by atoms with Gasteiger partial charge in [-0.2, -0.15) is 0 Å². The molecule has 0 aliphatic heterocycles. The van der Waals surface area contributed by atoms with Gasteiger partial charge >= 0.3 is 5.97 Å². The van der Waals surface area contributed by atoms with Gasteiger partial charge in [0.25, 0.3) is 0 Å². The summed E-state index contributed by atoms with van der Waals surface area (Å²) in [5, 5.41) is 8.67. The van der Waals surface area contributed by atoms with E-state index < -0.39 is 5.97 Å². The molecule has 3 aromatic carbocycles. The molecule has 0 fully saturated rings. The number of thioether (sulfide) groups is 1. The van der Waals surface area contributed by atoms with Crippen molar-refractivity contribution in [2.45, 2.75) is 11.8 Å². The number of benzene rings is 3. The summed E-state index contributed by atoms with van der Waals surface area (Å²) in [7, 11) is 0. The number of aliphatic carboxylic acids is 1. The Balaban J connectivity index is 1.71. The zero-order valence-electron chi connectivity index (χ0n) is 15.7. The molecule has 3 rings (SSSR count). The van der Waals surface area contributed by atoms with Crippen molar-refractivity contribution in [2.24, 2.45) is 0 Å². The van der Waals surface area contributed by atoms with Gasteiger partial charge in [-0.25, -0.2) is 4.79 Å². The first-order chi connectivity index (χ1) is 13.6. The third kappa shape index (κ3) is 5.76. The first-order valence-electron chi connectivity index (χ1n) is 9.02. The van der Waals surface area contributed by atoms with Crippen molar-refractivity contribution in [3.8, 4) is 5.75 Å². The van der Waals surface area contributed by atoms with Gasteiger partial charge in [-0.1, -0.05) is 66.2 Å². The lowest BCUT2D eigenvalue weighted by atomic mass is 9.97. The van der Waals surface area contributed by atoms with Crippen LogP contribution in [0.4, 0.5) is 0 Å². The average molecular weight is 391 g/mol. The van der Waals surface area contributed by atoms with E-state index in [4.69, 9.17) is 9.84 Å². The van der Waals surface area contributed by atoms with Crippen molar-refractivity contribution in [3.05, 3.63) is 102 Å². The Kier molecular flexibility index (Phi) is 6.93. The molecule has 0 bridgehead atoms. The van der Waals surface area contributed by atoms with Gasteiger partial charge in [0.15, 0.2) is 6.61 Å². The molecule has 0 aliphatic carbocycles.